The minimum atomic E-state index is -0.718. The van der Waals surface area contributed by atoms with E-state index in [-0.39, 0.29) is 6.04 Å². The van der Waals surface area contributed by atoms with E-state index in [1.165, 1.54) is 0 Å². The molecule has 0 amide bonds. The van der Waals surface area contributed by atoms with Gasteiger partial charge in [0.2, 0.25) is 0 Å². The molecule has 96 valence electrons. The first-order valence-corrected chi connectivity index (χ1v) is 6.20. The predicted octanol–water partition coefficient (Wildman–Crippen LogP) is 2.31. The predicted molar refractivity (Wildman–Crippen MR) is 72.6 cm³/mol. The van der Waals surface area contributed by atoms with Crippen molar-refractivity contribution in [3.63, 3.8) is 0 Å². The highest BCUT2D eigenvalue weighted by atomic mass is 35.5. The van der Waals surface area contributed by atoms with Crippen molar-refractivity contribution in [1.29, 1.82) is 0 Å². The summed E-state index contributed by atoms with van der Waals surface area (Å²) in [5, 5.41) is 11.0. The number of aliphatic hydroxyl groups is 1. The van der Waals surface area contributed by atoms with Crippen LogP contribution in [0.15, 0.2) is 18.2 Å². The topological polar surface area (TPSA) is 49.5 Å². The molecule has 1 aromatic carbocycles. The van der Waals surface area contributed by atoms with Gasteiger partial charge in [-0.1, -0.05) is 29.3 Å². The Kier molecular flexibility index (Phi) is 5.70. The van der Waals surface area contributed by atoms with Crippen molar-refractivity contribution in [3.05, 3.63) is 33.8 Å². The fraction of sp³-hybridized carbons (Fsp3) is 0.500. The molecule has 0 aromatic heterocycles. The Hall–Kier alpha value is -0.320. The van der Waals surface area contributed by atoms with Gasteiger partial charge in [0, 0.05) is 6.04 Å². The van der Waals surface area contributed by atoms with Crippen LogP contribution in [0.5, 0.6) is 0 Å². The summed E-state index contributed by atoms with van der Waals surface area (Å²) in [6, 6.07) is 4.76. The maximum absolute atomic E-state index is 10.1. The molecule has 0 saturated carbocycles. The molecule has 17 heavy (non-hydrogen) atoms. The summed E-state index contributed by atoms with van der Waals surface area (Å²) in [4.78, 5) is 2.03. The number of rotatable bonds is 5. The van der Waals surface area contributed by atoms with E-state index in [4.69, 9.17) is 28.9 Å². The monoisotopic (exact) mass is 276 g/mol. The Morgan fingerprint density at radius 3 is 2.47 bits per heavy atom. The first kappa shape index (κ1) is 14.7. The number of hydrogen-bond donors (Lipinski definition) is 2. The van der Waals surface area contributed by atoms with E-state index >= 15 is 0 Å². The molecule has 0 fully saturated rings. The van der Waals surface area contributed by atoms with Gasteiger partial charge in [0.1, 0.15) is 0 Å². The molecular weight excluding hydrogens is 259 g/mol. The summed E-state index contributed by atoms with van der Waals surface area (Å²) in [5.74, 6) is 0. The number of nitrogens with zero attached hydrogens (tertiary/aromatic N) is 1. The second kappa shape index (κ2) is 6.57. The highest BCUT2D eigenvalue weighted by Gasteiger charge is 2.17. The fourth-order valence-electron chi connectivity index (χ4n) is 1.51. The average molecular weight is 277 g/mol. The molecule has 0 aliphatic carbocycles. The number of hydrogen-bond acceptors (Lipinski definition) is 3. The van der Waals surface area contributed by atoms with Gasteiger partial charge in [0.25, 0.3) is 0 Å². The van der Waals surface area contributed by atoms with Crippen molar-refractivity contribution in [3.8, 4) is 0 Å². The Morgan fingerprint density at radius 2 is 1.94 bits per heavy atom. The summed E-state index contributed by atoms with van der Waals surface area (Å²) in [5.41, 5.74) is 6.63. The molecule has 0 heterocycles. The van der Waals surface area contributed by atoms with Crippen molar-refractivity contribution in [2.75, 3.05) is 20.6 Å². The lowest BCUT2D eigenvalue weighted by molar-refractivity contribution is 0.137. The zero-order chi connectivity index (χ0) is 13.0. The smallest absolute Gasteiger partial charge is 0.0941 e. The molecular formula is C12H18Cl2N2O. The standard InChI is InChI=1S/C12H18Cl2N2O/c1-16(2)6-5-11(15)12(17)8-3-4-9(13)10(14)7-8/h3-4,7,11-12,17H,5-6,15H2,1-2H3. The van der Waals surface area contributed by atoms with E-state index in [2.05, 4.69) is 0 Å². The summed E-state index contributed by atoms with van der Waals surface area (Å²) in [6.45, 7) is 0.833. The molecule has 2 unspecified atom stereocenters. The SMILES string of the molecule is CN(C)CCC(N)C(O)c1ccc(Cl)c(Cl)c1. The number of aliphatic hydroxyl groups excluding tert-OH is 1. The fourth-order valence-corrected chi connectivity index (χ4v) is 1.82. The van der Waals surface area contributed by atoms with Crippen LogP contribution in [0.1, 0.15) is 18.1 Å². The van der Waals surface area contributed by atoms with E-state index in [0.717, 1.165) is 6.54 Å². The number of nitrogens with two attached hydrogens (primary N) is 1. The molecule has 1 rings (SSSR count). The molecule has 3 N–H and O–H groups in total. The van der Waals surface area contributed by atoms with Crippen LogP contribution in [-0.2, 0) is 0 Å². The van der Waals surface area contributed by atoms with Gasteiger partial charge >= 0.3 is 0 Å². The lowest BCUT2D eigenvalue weighted by Crippen LogP contribution is -2.32. The molecule has 0 radical (unpaired) electrons. The van der Waals surface area contributed by atoms with Crippen LogP contribution in [-0.4, -0.2) is 36.7 Å². The third kappa shape index (κ3) is 4.45. The van der Waals surface area contributed by atoms with Gasteiger partial charge in [-0.3, -0.25) is 0 Å². The molecule has 0 spiro atoms. The van der Waals surface area contributed by atoms with E-state index in [1.807, 2.05) is 19.0 Å². The van der Waals surface area contributed by atoms with Gasteiger partial charge in [0.05, 0.1) is 16.1 Å². The third-order valence-electron chi connectivity index (χ3n) is 2.60. The normalized spacial score (nSPS) is 15.0. The van der Waals surface area contributed by atoms with E-state index in [0.29, 0.717) is 22.0 Å². The quantitative estimate of drug-likeness (QED) is 0.868. The highest BCUT2D eigenvalue weighted by Crippen LogP contribution is 2.27. The first-order valence-electron chi connectivity index (χ1n) is 5.45. The lowest BCUT2D eigenvalue weighted by Gasteiger charge is -2.21. The molecule has 5 heteroatoms. The van der Waals surface area contributed by atoms with Crippen LogP contribution in [0, 0.1) is 0 Å². The third-order valence-corrected chi connectivity index (χ3v) is 3.34. The van der Waals surface area contributed by atoms with E-state index in [9.17, 15) is 5.11 Å². The molecule has 1 aromatic rings. The Bertz CT molecular complexity index is 372. The molecule has 0 aliphatic heterocycles. The van der Waals surface area contributed by atoms with Gasteiger partial charge in [-0.15, -0.1) is 0 Å². The van der Waals surface area contributed by atoms with Crippen molar-refractivity contribution in [2.24, 2.45) is 5.73 Å². The average Bonchev–Trinajstić information content (AvgIpc) is 2.28. The van der Waals surface area contributed by atoms with Crippen LogP contribution in [0.3, 0.4) is 0 Å². The van der Waals surface area contributed by atoms with Gasteiger partial charge in [-0.25, -0.2) is 0 Å². The van der Waals surface area contributed by atoms with Crippen LogP contribution >= 0.6 is 23.2 Å². The summed E-state index contributed by atoms with van der Waals surface area (Å²) in [6.07, 6.45) is -0.00118. The van der Waals surface area contributed by atoms with Crippen LogP contribution < -0.4 is 5.73 Å². The van der Waals surface area contributed by atoms with Gasteiger partial charge in [-0.2, -0.15) is 0 Å². The maximum Gasteiger partial charge on any atom is 0.0941 e. The van der Waals surface area contributed by atoms with E-state index < -0.39 is 6.10 Å². The Morgan fingerprint density at radius 1 is 1.29 bits per heavy atom. The maximum atomic E-state index is 10.1. The van der Waals surface area contributed by atoms with Crippen LogP contribution in [0.25, 0.3) is 0 Å². The van der Waals surface area contributed by atoms with Crippen LogP contribution in [0.4, 0.5) is 0 Å². The van der Waals surface area contributed by atoms with Gasteiger partial charge in [-0.05, 0) is 44.8 Å². The lowest BCUT2D eigenvalue weighted by atomic mass is 10.0. The summed E-state index contributed by atoms with van der Waals surface area (Å²) < 4.78 is 0. The minimum absolute atomic E-state index is 0.311. The molecule has 2 atom stereocenters. The largest absolute Gasteiger partial charge is 0.387 e. The Balaban J connectivity index is 2.67. The van der Waals surface area contributed by atoms with Crippen molar-refractivity contribution in [2.45, 2.75) is 18.6 Å². The Labute approximate surface area is 112 Å². The molecule has 3 nitrogen and oxygen atoms in total. The zero-order valence-corrected chi connectivity index (χ0v) is 11.5. The first-order chi connectivity index (χ1) is 7.91. The molecule has 0 saturated heterocycles. The minimum Gasteiger partial charge on any atom is -0.387 e. The van der Waals surface area contributed by atoms with Gasteiger partial charge < -0.3 is 15.7 Å². The zero-order valence-electron chi connectivity index (χ0n) is 10.0. The van der Waals surface area contributed by atoms with Crippen molar-refractivity contribution < 1.29 is 5.11 Å². The van der Waals surface area contributed by atoms with Crippen molar-refractivity contribution >= 4 is 23.2 Å². The number of halogens is 2. The highest BCUT2D eigenvalue weighted by molar-refractivity contribution is 6.42. The molecule has 0 aliphatic rings. The summed E-state index contributed by atoms with van der Waals surface area (Å²) in [7, 11) is 3.94. The second-order valence-corrected chi connectivity index (χ2v) is 5.19. The van der Waals surface area contributed by atoms with Gasteiger partial charge in [0.15, 0.2) is 0 Å². The van der Waals surface area contributed by atoms with E-state index in [1.54, 1.807) is 18.2 Å². The molecule has 0 bridgehead atoms. The summed E-state index contributed by atoms with van der Waals surface area (Å²) >= 11 is 11.7. The second-order valence-electron chi connectivity index (χ2n) is 4.37. The van der Waals surface area contributed by atoms with Crippen molar-refractivity contribution in [1.82, 2.24) is 4.90 Å². The van der Waals surface area contributed by atoms with Crippen LogP contribution in [0.2, 0.25) is 10.0 Å². The number of benzene rings is 1.